The third-order valence-corrected chi connectivity index (χ3v) is 6.61. The molecule has 4 rings (SSSR count). The summed E-state index contributed by atoms with van der Waals surface area (Å²) in [6.07, 6.45) is -3.50. The van der Waals surface area contributed by atoms with E-state index in [1.807, 2.05) is 39.0 Å². The molecule has 1 saturated heterocycles. The molecule has 9 heteroatoms. The first-order valence-electron chi connectivity index (χ1n) is 12.2. The maximum Gasteiger partial charge on any atom is 0.417 e. The van der Waals surface area contributed by atoms with Gasteiger partial charge in [-0.2, -0.15) is 13.2 Å². The summed E-state index contributed by atoms with van der Waals surface area (Å²) >= 11 is 0. The highest BCUT2D eigenvalue weighted by Gasteiger charge is 2.39. The second kappa shape index (κ2) is 10.4. The Labute approximate surface area is 216 Å². The van der Waals surface area contributed by atoms with Crippen molar-refractivity contribution in [2.24, 2.45) is 0 Å². The number of halogens is 3. The van der Waals surface area contributed by atoms with Gasteiger partial charge < -0.3 is 14.4 Å². The maximum atomic E-state index is 13.4. The number of aromatic nitrogens is 1. The lowest BCUT2D eigenvalue weighted by molar-refractivity contribution is -0.136. The molecule has 194 valence electrons. The van der Waals surface area contributed by atoms with Crippen LogP contribution in [0, 0.1) is 0 Å². The largest absolute Gasteiger partial charge is 0.444 e. The number of hydrogen-bond donors (Lipinski definition) is 0. The number of pyridine rings is 1. The van der Waals surface area contributed by atoms with Crippen molar-refractivity contribution in [3.05, 3.63) is 71.4 Å². The van der Waals surface area contributed by atoms with Crippen LogP contribution >= 0.6 is 0 Å². The Hall–Kier alpha value is -3.07. The second-order valence-corrected chi connectivity index (χ2v) is 10.5. The minimum Gasteiger partial charge on any atom is -0.444 e. The van der Waals surface area contributed by atoms with Crippen molar-refractivity contribution < 1.29 is 27.4 Å². The Kier molecular flexibility index (Phi) is 7.56. The molecule has 1 aliphatic heterocycles. The molecule has 0 N–H and O–H groups in total. The fourth-order valence-electron chi connectivity index (χ4n) is 4.79. The van der Waals surface area contributed by atoms with Crippen molar-refractivity contribution in [2.45, 2.75) is 57.4 Å². The molecular formula is C28H30BF3N2O3. The van der Waals surface area contributed by atoms with Gasteiger partial charge in [0.15, 0.2) is 0 Å². The molecule has 0 spiro atoms. The Morgan fingerprint density at radius 2 is 1.73 bits per heavy atom. The lowest BCUT2D eigenvalue weighted by atomic mass is 9.73. The highest BCUT2D eigenvalue weighted by Crippen LogP contribution is 2.37. The van der Waals surface area contributed by atoms with E-state index >= 15 is 0 Å². The first kappa shape index (κ1) is 27.0. The van der Waals surface area contributed by atoms with Crippen molar-refractivity contribution in [3.8, 4) is 0 Å². The van der Waals surface area contributed by atoms with E-state index in [4.69, 9.17) is 17.3 Å². The summed E-state index contributed by atoms with van der Waals surface area (Å²) in [5.74, 6) is 0. The molecule has 3 aromatic rings. The molecule has 2 aromatic carbocycles. The van der Waals surface area contributed by atoms with Gasteiger partial charge in [-0.1, -0.05) is 41.9 Å². The molecule has 1 aromatic heterocycles. The van der Waals surface area contributed by atoms with Crippen LogP contribution in [-0.2, 0) is 27.7 Å². The predicted molar refractivity (Wildman–Crippen MR) is 137 cm³/mol. The van der Waals surface area contributed by atoms with Gasteiger partial charge in [0, 0.05) is 23.9 Å². The number of likely N-dealkylation sites (tertiary alicyclic amines) is 1. The second-order valence-electron chi connectivity index (χ2n) is 10.5. The monoisotopic (exact) mass is 510 g/mol. The lowest BCUT2D eigenvalue weighted by Gasteiger charge is -2.42. The number of rotatable bonds is 5. The average Bonchev–Trinajstić information content (AvgIpc) is 2.83. The van der Waals surface area contributed by atoms with Crippen LogP contribution in [0.5, 0.6) is 0 Å². The van der Waals surface area contributed by atoms with Gasteiger partial charge in [0.1, 0.15) is 13.4 Å². The molecule has 1 fully saturated rings. The summed E-state index contributed by atoms with van der Waals surface area (Å²) in [6.45, 7) is 7.03. The van der Waals surface area contributed by atoms with Gasteiger partial charge in [0.05, 0.1) is 30.0 Å². The van der Waals surface area contributed by atoms with Crippen LogP contribution in [0.1, 0.15) is 50.4 Å². The van der Waals surface area contributed by atoms with Crippen molar-refractivity contribution in [1.29, 1.82) is 0 Å². The molecule has 0 saturated carbocycles. The predicted octanol–water partition coefficient (Wildman–Crippen LogP) is 5.53. The van der Waals surface area contributed by atoms with Crippen molar-refractivity contribution >= 4 is 30.3 Å². The van der Waals surface area contributed by atoms with Crippen molar-refractivity contribution in [1.82, 2.24) is 9.88 Å². The van der Waals surface area contributed by atoms with Crippen molar-refractivity contribution in [2.75, 3.05) is 19.7 Å². The number of ether oxygens (including phenoxy) is 2. The van der Waals surface area contributed by atoms with Crippen molar-refractivity contribution in [3.63, 3.8) is 0 Å². The Morgan fingerprint density at radius 3 is 2.35 bits per heavy atom. The third kappa shape index (κ3) is 6.26. The summed E-state index contributed by atoms with van der Waals surface area (Å²) in [5.41, 5.74) is 0.0625. The third-order valence-electron chi connectivity index (χ3n) is 6.61. The summed E-state index contributed by atoms with van der Waals surface area (Å²) in [6, 6.07) is 15.3. The zero-order valence-electron chi connectivity index (χ0n) is 21.3. The van der Waals surface area contributed by atoms with Crippen LogP contribution in [0.4, 0.5) is 18.0 Å². The zero-order valence-corrected chi connectivity index (χ0v) is 21.3. The van der Waals surface area contributed by atoms with E-state index in [1.165, 1.54) is 18.2 Å². The summed E-state index contributed by atoms with van der Waals surface area (Å²) in [4.78, 5) is 18.7. The Morgan fingerprint density at radius 1 is 1.05 bits per heavy atom. The van der Waals surface area contributed by atoms with E-state index in [0.29, 0.717) is 38.2 Å². The first-order valence-corrected chi connectivity index (χ1v) is 12.2. The van der Waals surface area contributed by atoms with Gasteiger partial charge in [0.2, 0.25) is 0 Å². The first-order chi connectivity index (χ1) is 17.4. The van der Waals surface area contributed by atoms with Gasteiger partial charge >= 0.3 is 12.3 Å². The van der Waals surface area contributed by atoms with Crippen LogP contribution in [-0.4, -0.2) is 49.1 Å². The highest BCUT2D eigenvalue weighted by atomic mass is 19.4. The molecule has 0 unspecified atom stereocenters. The number of carbonyl (C=O) groups excluding carboxylic acids is 1. The summed E-state index contributed by atoms with van der Waals surface area (Å²) in [5, 5.41) is -0.103. The number of fused-ring (bicyclic) bond motifs is 1. The smallest absolute Gasteiger partial charge is 0.417 e. The molecule has 2 radical (unpaired) electrons. The maximum absolute atomic E-state index is 13.4. The normalized spacial score (nSPS) is 16.1. The molecule has 37 heavy (non-hydrogen) atoms. The fourth-order valence-corrected chi connectivity index (χ4v) is 4.79. The van der Waals surface area contributed by atoms with E-state index in [0.717, 1.165) is 11.6 Å². The number of benzene rings is 2. The van der Waals surface area contributed by atoms with Gasteiger partial charge in [-0.25, -0.2) is 4.79 Å². The summed E-state index contributed by atoms with van der Waals surface area (Å²) in [7, 11) is 6.03. The minimum absolute atomic E-state index is 0.0139. The highest BCUT2D eigenvalue weighted by molar-refractivity contribution is 6.39. The van der Waals surface area contributed by atoms with Gasteiger partial charge in [-0.05, 0) is 57.4 Å². The number of amides is 1. The molecular weight excluding hydrogens is 480 g/mol. The lowest BCUT2D eigenvalue weighted by Crippen LogP contribution is -2.48. The standard InChI is InChI=1S/C28H30BF3N2O3/c1-26(2,3)37-25(35)34-14-12-27(13-15-34,19-8-5-4-6-9-19)18-36-17-20-16-22(29)24-21(28(30,31)32)10-7-11-23(24)33-20/h4-11,16H,12-15,17-18H2,1-3H3. The van der Waals surface area contributed by atoms with Crippen LogP contribution in [0.25, 0.3) is 10.9 Å². The summed E-state index contributed by atoms with van der Waals surface area (Å²) < 4.78 is 51.9. The van der Waals surface area contributed by atoms with Gasteiger partial charge in [0.25, 0.3) is 0 Å². The van der Waals surface area contributed by atoms with Gasteiger partial charge in [-0.15, -0.1) is 0 Å². The quantitative estimate of drug-likeness (QED) is 0.424. The number of nitrogens with zero attached hydrogens (tertiary/aromatic N) is 2. The molecule has 0 bridgehead atoms. The van der Waals surface area contributed by atoms with E-state index in [9.17, 15) is 18.0 Å². The van der Waals surface area contributed by atoms with Crippen LogP contribution in [0.2, 0.25) is 0 Å². The molecule has 0 atom stereocenters. The molecule has 5 nitrogen and oxygen atoms in total. The van der Waals surface area contributed by atoms with Crippen LogP contribution in [0.3, 0.4) is 0 Å². The topological polar surface area (TPSA) is 51.7 Å². The SMILES string of the molecule is [B]c1cc(COCC2(c3ccccc3)CCN(C(=O)OC(C)(C)C)CC2)nc2cccc(C(F)(F)F)c12. The number of hydrogen-bond acceptors (Lipinski definition) is 4. The Bertz CT molecular complexity index is 1250. The number of alkyl halides is 3. The molecule has 1 aliphatic rings. The zero-order chi connectivity index (χ0) is 26.8. The number of carbonyl (C=O) groups is 1. The Balaban J connectivity index is 1.50. The number of piperidine rings is 1. The van der Waals surface area contributed by atoms with Crippen LogP contribution < -0.4 is 5.46 Å². The van der Waals surface area contributed by atoms with E-state index in [2.05, 4.69) is 17.1 Å². The molecule has 1 amide bonds. The van der Waals surface area contributed by atoms with Crippen LogP contribution in [0.15, 0.2) is 54.6 Å². The molecule has 2 heterocycles. The average molecular weight is 510 g/mol. The van der Waals surface area contributed by atoms with Gasteiger partial charge in [-0.3, -0.25) is 4.98 Å². The van der Waals surface area contributed by atoms with E-state index < -0.39 is 17.3 Å². The molecule has 0 aliphatic carbocycles. The van der Waals surface area contributed by atoms with E-state index in [-0.39, 0.29) is 34.5 Å². The fraction of sp³-hybridized carbons (Fsp3) is 0.429. The minimum atomic E-state index is -4.52. The van der Waals surface area contributed by atoms with E-state index in [1.54, 1.807) is 4.90 Å².